The highest BCUT2D eigenvalue weighted by atomic mass is 16.5. The zero-order valence-corrected chi connectivity index (χ0v) is 11.6. The molecular formula is C15H23NO2. The van der Waals surface area contributed by atoms with Gasteiger partial charge in [-0.05, 0) is 31.9 Å². The second-order valence-electron chi connectivity index (χ2n) is 5.61. The van der Waals surface area contributed by atoms with Gasteiger partial charge in [0.25, 0.3) is 0 Å². The number of anilines is 1. The summed E-state index contributed by atoms with van der Waals surface area (Å²) in [6.45, 7) is 6.71. The highest BCUT2D eigenvalue weighted by Crippen LogP contribution is 2.31. The quantitative estimate of drug-likeness (QED) is 0.887. The molecule has 0 radical (unpaired) electrons. The number of rotatable bonds is 4. The zero-order chi connectivity index (χ0) is 13.2. The van der Waals surface area contributed by atoms with Crippen LogP contribution in [0, 0.1) is 19.3 Å². The summed E-state index contributed by atoms with van der Waals surface area (Å²) in [5, 5.41) is 9.62. The number of ether oxygens (including phenoxy) is 1. The SMILES string of the molecule is Cc1ccc(N(C)CC2(CO)CCOC2)c(C)c1. The normalized spacial score (nSPS) is 23.3. The largest absolute Gasteiger partial charge is 0.396 e. The summed E-state index contributed by atoms with van der Waals surface area (Å²) in [4.78, 5) is 2.24. The molecule has 100 valence electrons. The molecule has 1 fully saturated rings. The van der Waals surface area contributed by atoms with E-state index in [4.69, 9.17) is 4.74 Å². The molecule has 1 aliphatic heterocycles. The van der Waals surface area contributed by atoms with Crippen molar-refractivity contribution in [2.45, 2.75) is 20.3 Å². The van der Waals surface area contributed by atoms with Crippen molar-refractivity contribution >= 4 is 5.69 Å². The van der Waals surface area contributed by atoms with Crippen molar-refractivity contribution in [1.29, 1.82) is 0 Å². The monoisotopic (exact) mass is 249 g/mol. The lowest BCUT2D eigenvalue weighted by molar-refractivity contribution is 0.0986. The van der Waals surface area contributed by atoms with Gasteiger partial charge in [-0.15, -0.1) is 0 Å². The van der Waals surface area contributed by atoms with Crippen molar-refractivity contribution in [3.63, 3.8) is 0 Å². The van der Waals surface area contributed by atoms with Crippen LogP contribution in [0.5, 0.6) is 0 Å². The van der Waals surface area contributed by atoms with Crippen LogP contribution in [-0.4, -0.2) is 38.5 Å². The second kappa shape index (κ2) is 5.29. The molecule has 0 saturated carbocycles. The van der Waals surface area contributed by atoms with Crippen LogP contribution in [0.1, 0.15) is 17.5 Å². The van der Waals surface area contributed by atoms with E-state index in [0.29, 0.717) is 6.61 Å². The molecule has 0 aromatic heterocycles. The average Bonchev–Trinajstić information content (AvgIpc) is 2.78. The summed E-state index contributed by atoms with van der Waals surface area (Å²) in [7, 11) is 2.09. The Morgan fingerprint density at radius 1 is 1.39 bits per heavy atom. The molecule has 0 bridgehead atoms. The van der Waals surface area contributed by atoms with Crippen LogP contribution in [0.15, 0.2) is 18.2 Å². The molecule has 1 N–H and O–H groups in total. The lowest BCUT2D eigenvalue weighted by atomic mass is 9.87. The lowest BCUT2D eigenvalue weighted by Crippen LogP contribution is -2.39. The smallest absolute Gasteiger partial charge is 0.0562 e. The van der Waals surface area contributed by atoms with Gasteiger partial charge in [0.15, 0.2) is 0 Å². The van der Waals surface area contributed by atoms with Crippen molar-refractivity contribution in [2.24, 2.45) is 5.41 Å². The number of aliphatic hydroxyl groups is 1. The number of benzene rings is 1. The molecule has 0 spiro atoms. The highest BCUT2D eigenvalue weighted by molar-refractivity contribution is 5.54. The maximum absolute atomic E-state index is 9.62. The Hall–Kier alpha value is -1.06. The third-order valence-electron chi connectivity index (χ3n) is 3.86. The van der Waals surface area contributed by atoms with Crippen molar-refractivity contribution in [2.75, 3.05) is 38.3 Å². The van der Waals surface area contributed by atoms with E-state index in [9.17, 15) is 5.11 Å². The zero-order valence-electron chi connectivity index (χ0n) is 11.6. The third-order valence-corrected chi connectivity index (χ3v) is 3.86. The number of aliphatic hydroxyl groups excluding tert-OH is 1. The lowest BCUT2D eigenvalue weighted by Gasteiger charge is -2.32. The predicted octanol–water partition coefficient (Wildman–Crippen LogP) is 2.14. The fraction of sp³-hybridized carbons (Fsp3) is 0.600. The van der Waals surface area contributed by atoms with Crippen LogP contribution in [-0.2, 0) is 4.74 Å². The Kier molecular flexibility index (Phi) is 3.93. The van der Waals surface area contributed by atoms with Crippen LogP contribution >= 0.6 is 0 Å². The van der Waals surface area contributed by atoms with Gasteiger partial charge < -0.3 is 14.7 Å². The van der Waals surface area contributed by atoms with Crippen LogP contribution in [0.2, 0.25) is 0 Å². The van der Waals surface area contributed by atoms with Crippen LogP contribution in [0.3, 0.4) is 0 Å². The van der Waals surface area contributed by atoms with E-state index >= 15 is 0 Å². The minimum Gasteiger partial charge on any atom is -0.396 e. The van der Waals surface area contributed by atoms with Gasteiger partial charge in [-0.2, -0.15) is 0 Å². The summed E-state index contributed by atoms with van der Waals surface area (Å²) in [5.74, 6) is 0. The maximum atomic E-state index is 9.62. The van der Waals surface area contributed by atoms with Gasteiger partial charge in [0.2, 0.25) is 0 Å². The van der Waals surface area contributed by atoms with Gasteiger partial charge in [-0.25, -0.2) is 0 Å². The Balaban J connectivity index is 2.13. The molecule has 1 aromatic carbocycles. The first-order valence-electron chi connectivity index (χ1n) is 6.53. The molecule has 1 saturated heterocycles. The molecule has 1 heterocycles. The van der Waals surface area contributed by atoms with E-state index < -0.39 is 0 Å². The van der Waals surface area contributed by atoms with E-state index in [-0.39, 0.29) is 12.0 Å². The van der Waals surface area contributed by atoms with Crippen LogP contribution in [0.25, 0.3) is 0 Å². The molecule has 3 nitrogen and oxygen atoms in total. The van der Waals surface area contributed by atoms with E-state index in [1.165, 1.54) is 16.8 Å². The Morgan fingerprint density at radius 3 is 2.72 bits per heavy atom. The number of nitrogens with zero attached hydrogens (tertiary/aromatic N) is 1. The molecule has 1 atom stereocenters. The highest BCUT2D eigenvalue weighted by Gasteiger charge is 2.35. The van der Waals surface area contributed by atoms with Crippen LogP contribution < -0.4 is 4.90 Å². The second-order valence-corrected chi connectivity index (χ2v) is 5.61. The van der Waals surface area contributed by atoms with E-state index in [2.05, 4.69) is 44.0 Å². The van der Waals surface area contributed by atoms with Gasteiger partial charge >= 0.3 is 0 Å². The summed E-state index contributed by atoms with van der Waals surface area (Å²) in [6.07, 6.45) is 0.943. The van der Waals surface area contributed by atoms with Crippen LogP contribution in [0.4, 0.5) is 5.69 Å². The molecule has 0 aliphatic carbocycles. The first kappa shape index (κ1) is 13.4. The van der Waals surface area contributed by atoms with Gasteiger partial charge in [0.1, 0.15) is 0 Å². The Morgan fingerprint density at radius 2 is 2.17 bits per heavy atom. The summed E-state index contributed by atoms with van der Waals surface area (Å²) in [5.41, 5.74) is 3.71. The number of aryl methyl sites for hydroxylation is 2. The van der Waals surface area contributed by atoms with Gasteiger partial charge in [-0.3, -0.25) is 0 Å². The van der Waals surface area contributed by atoms with Gasteiger partial charge in [-0.1, -0.05) is 17.7 Å². The maximum Gasteiger partial charge on any atom is 0.0562 e. The van der Waals surface area contributed by atoms with Crippen molar-refractivity contribution in [3.8, 4) is 0 Å². The van der Waals surface area contributed by atoms with E-state index in [0.717, 1.165) is 19.6 Å². The van der Waals surface area contributed by atoms with Gasteiger partial charge in [0, 0.05) is 31.3 Å². The molecule has 2 rings (SSSR count). The molecule has 1 aliphatic rings. The summed E-state index contributed by atoms with van der Waals surface area (Å²) in [6, 6.07) is 6.49. The summed E-state index contributed by atoms with van der Waals surface area (Å²) < 4.78 is 5.45. The summed E-state index contributed by atoms with van der Waals surface area (Å²) >= 11 is 0. The fourth-order valence-corrected chi connectivity index (χ4v) is 2.77. The molecule has 0 amide bonds. The van der Waals surface area contributed by atoms with E-state index in [1.54, 1.807) is 0 Å². The molecular weight excluding hydrogens is 226 g/mol. The number of hydrogen-bond acceptors (Lipinski definition) is 3. The minimum absolute atomic E-state index is 0.0912. The Bertz CT molecular complexity index is 411. The molecule has 3 heteroatoms. The third kappa shape index (κ3) is 2.68. The first-order chi connectivity index (χ1) is 8.56. The number of hydrogen-bond donors (Lipinski definition) is 1. The van der Waals surface area contributed by atoms with Crippen molar-refractivity contribution in [3.05, 3.63) is 29.3 Å². The molecule has 1 aromatic rings. The first-order valence-corrected chi connectivity index (χ1v) is 6.53. The predicted molar refractivity (Wildman–Crippen MR) is 74.1 cm³/mol. The standard InChI is InChI=1S/C15H23NO2/c1-12-4-5-14(13(2)8-12)16(3)9-15(10-17)6-7-18-11-15/h4-5,8,17H,6-7,9-11H2,1-3H3. The minimum atomic E-state index is -0.0912. The molecule has 18 heavy (non-hydrogen) atoms. The van der Waals surface area contributed by atoms with Crippen molar-refractivity contribution < 1.29 is 9.84 Å². The van der Waals surface area contributed by atoms with E-state index in [1.807, 2.05) is 0 Å². The topological polar surface area (TPSA) is 32.7 Å². The Labute approximate surface area is 109 Å². The van der Waals surface area contributed by atoms with Gasteiger partial charge in [0.05, 0.1) is 13.2 Å². The fourth-order valence-electron chi connectivity index (χ4n) is 2.77. The van der Waals surface area contributed by atoms with Crippen molar-refractivity contribution in [1.82, 2.24) is 0 Å². The molecule has 1 unspecified atom stereocenters. The average molecular weight is 249 g/mol.